The van der Waals surface area contributed by atoms with Crippen LogP contribution in [0, 0.1) is 0 Å². The number of primary amides is 1. The Bertz CT molecular complexity index is 446. The fourth-order valence-electron chi connectivity index (χ4n) is 1.85. The predicted octanol–water partition coefficient (Wildman–Crippen LogP) is 0.709. The first-order chi connectivity index (χ1) is 9.06. The van der Waals surface area contributed by atoms with Gasteiger partial charge in [-0.25, -0.2) is 0 Å². The van der Waals surface area contributed by atoms with Gasteiger partial charge in [-0.05, 0) is 17.7 Å². The monoisotopic (exact) mass is 264 g/mol. The van der Waals surface area contributed by atoms with Gasteiger partial charge in [0, 0.05) is 6.54 Å². The first kappa shape index (κ1) is 15.2. The summed E-state index contributed by atoms with van der Waals surface area (Å²) in [6, 6.07) is 7.63. The number of amides is 1. The number of rotatable bonds is 7. The van der Waals surface area contributed by atoms with Crippen molar-refractivity contribution in [2.45, 2.75) is 19.9 Å². The van der Waals surface area contributed by atoms with Crippen molar-refractivity contribution in [2.24, 2.45) is 5.73 Å². The molecule has 0 heterocycles. The molecular formula is C14H20N2O3. The van der Waals surface area contributed by atoms with Gasteiger partial charge >= 0.3 is 5.97 Å². The van der Waals surface area contributed by atoms with Crippen LogP contribution in [0.3, 0.4) is 0 Å². The summed E-state index contributed by atoms with van der Waals surface area (Å²) < 4.78 is 4.68. The number of likely N-dealkylation sites (N-methyl/N-ethyl adjacent to an activating group) is 1. The average molecular weight is 264 g/mol. The van der Waals surface area contributed by atoms with E-state index in [-0.39, 0.29) is 24.8 Å². The van der Waals surface area contributed by atoms with Crippen LogP contribution in [0.25, 0.3) is 0 Å². The molecule has 19 heavy (non-hydrogen) atoms. The number of hydrogen-bond acceptors (Lipinski definition) is 4. The molecular weight excluding hydrogens is 244 g/mol. The lowest BCUT2D eigenvalue weighted by Crippen LogP contribution is -2.33. The average Bonchev–Trinajstić information content (AvgIpc) is 2.39. The highest BCUT2D eigenvalue weighted by Crippen LogP contribution is 2.13. The molecule has 0 aliphatic heterocycles. The first-order valence-electron chi connectivity index (χ1n) is 6.21. The van der Waals surface area contributed by atoms with Crippen LogP contribution in [0.15, 0.2) is 24.3 Å². The van der Waals surface area contributed by atoms with E-state index >= 15 is 0 Å². The Balaban J connectivity index is 2.81. The highest BCUT2D eigenvalue weighted by molar-refractivity contribution is 5.76. The molecule has 5 nitrogen and oxygen atoms in total. The van der Waals surface area contributed by atoms with Gasteiger partial charge in [-0.15, -0.1) is 0 Å². The summed E-state index contributed by atoms with van der Waals surface area (Å²) in [6.07, 6.45) is 0.237. The van der Waals surface area contributed by atoms with E-state index in [1.165, 1.54) is 7.11 Å². The van der Waals surface area contributed by atoms with Crippen LogP contribution < -0.4 is 5.73 Å². The Morgan fingerprint density at radius 2 is 1.89 bits per heavy atom. The highest BCUT2D eigenvalue weighted by atomic mass is 16.5. The Hall–Kier alpha value is -1.88. The van der Waals surface area contributed by atoms with E-state index in [0.29, 0.717) is 6.54 Å². The zero-order chi connectivity index (χ0) is 14.3. The zero-order valence-corrected chi connectivity index (χ0v) is 11.4. The number of nitrogens with two attached hydrogens (primary N) is 1. The molecule has 0 aromatic heterocycles. The summed E-state index contributed by atoms with van der Waals surface area (Å²) in [5.74, 6) is -0.627. The van der Waals surface area contributed by atoms with Gasteiger partial charge in [-0.1, -0.05) is 31.2 Å². The molecule has 1 aromatic rings. The quantitative estimate of drug-likeness (QED) is 0.736. The van der Waals surface area contributed by atoms with Gasteiger partial charge in [-0.2, -0.15) is 0 Å². The molecule has 0 saturated heterocycles. The second kappa shape index (κ2) is 7.53. The molecule has 0 fully saturated rings. The lowest BCUT2D eigenvalue weighted by atomic mass is 10.0. The van der Waals surface area contributed by atoms with Gasteiger partial charge in [0.2, 0.25) is 5.91 Å². The molecule has 104 valence electrons. The Morgan fingerprint density at radius 1 is 1.26 bits per heavy atom. The summed E-state index contributed by atoms with van der Waals surface area (Å²) in [4.78, 5) is 24.3. The van der Waals surface area contributed by atoms with Crippen molar-refractivity contribution < 1.29 is 14.3 Å². The minimum atomic E-state index is -0.354. The maximum atomic E-state index is 11.4. The largest absolute Gasteiger partial charge is 0.469 e. The van der Waals surface area contributed by atoms with E-state index in [1.807, 2.05) is 36.1 Å². The molecule has 0 aliphatic carbocycles. The van der Waals surface area contributed by atoms with Crippen molar-refractivity contribution >= 4 is 11.9 Å². The molecule has 0 spiro atoms. The van der Waals surface area contributed by atoms with Crippen molar-refractivity contribution in [2.75, 3.05) is 20.2 Å². The number of carbonyl (C=O) groups is 2. The van der Waals surface area contributed by atoms with Gasteiger partial charge in [0.05, 0.1) is 20.1 Å². The van der Waals surface area contributed by atoms with Gasteiger partial charge in [0.15, 0.2) is 0 Å². The molecule has 0 saturated carbocycles. The molecule has 0 atom stereocenters. The fraction of sp³-hybridized carbons (Fsp3) is 0.429. The van der Waals surface area contributed by atoms with Crippen molar-refractivity contribution in [3.8, 4) is 0 Å². The lowest BCUT2D eigenvalue weighted by molar-refractivity contribution is -0.139. The zero-order valence-electron chi connectivity index (χ0n) is 11.4. The van der Waals surface area contributed by atoms with E-state index in [1.54, 1.807) is 0 Å². The molecule has 5 heteroatoms. The topological polar surface area (TPSA) is 72.6 Å². The number of nitrogens with zero attached hydrogens (tertiary/aromatic N) is 1. The minimum Gasteiger partial charge on any atom is -0.469 e. The van der Waals surface area contributed by atoms with E-state index < -0.39 is 0 Å². The standard InChI is InChI=1S/C14H20N2O3/c1-3-16(10-13(15)17)9-12-7-5-4-6-11(12)8-14(18)19-2/h4-7H,3,8-10H2,1-2H3,(H2,15,17). The van der Waals surface area contributed by atoms with Crippen LogP contribution >= 0.6 is 0 Å². The van der Waals surface area contributed by atoms with Crippen molar-refractivity contribution in [3.05, 3.63) is 35.4 Å². The highest BCUT2D eigenvalue weighted by Gasteiger charge is 2.12. The molecule has 0 radical (unpaired) electrons. The maximum absolute atomic E-state index is 11.4. The summed E-state index contributed by atoms with van der Waals surface area (Å²) in [7, 11) is 1.37. The number of benzene rings is 1. The first-order valence-corrected chi connectivity index (χ1v) is 6.21. The molecule has 0 aliphatic rings. The third-order valence-corrected chi connectivity index (χ3v) is 2.90. The smallest absolute Gasteiger partial charge is 0.309 e. The van der Waals surface area contributed by atoms with Gasteiger partial charge < -0.3 is 10.5 Å². The summed E-state index contributed by atoms with van der Waals surface area (Å²) in [6.45, 7) is 3.48. The van der Waals surface area contributed by atoms with E-state index in [4.69, 9.17) is 5.73 Å². The molecule has 1 rings (SSSR count). The van der Waals surface area contributed by atoms with E-state index in [0.717, 1.165) is 17.7 Å². The van der Waals surface area contributed by atoms with E-state index in [9.17, 15) is 9.59 Å². The normalized spacial score (nSPS) is 10.5. The number of carbonyl (C=O) groups excluding carboxylic acids is 2. The van der Waals surface area contributed by atoms with Crippen LogP contribution in [-0.2, 0) is 27.3 Å². The molecule has 1 amide bonds. The number of ether oxygens (including phenoxy) is 1. The second-order valence-electron chi connectivity index (χ2n) is 4.29. The maximum Gasteiger partial charge on any atom is 0.309 e. The number of hydrogen-bond donors (Lipinski definition) is 1. The van der Waals surface area contributed by atoms with Crippen LogP contribution in [0.4, 0.5) is 0 Å². The SMILES string of the molecule is CCN(CC(N)=O)Cc1ccccc1CC(=O)OC. The molecule has 1 aromatic carbocycles. The summed E-state index contributed by atoms with van der Waals surface area (Å²) in [5.41, 5.74) is 7.13. The molecule has 2 N–H and O–H groups in total. The van der Waals surface area contributed by atoms with Crippen LogP contribution in [0.1, 0.15) is 18.1 Å². The van der Waals surface area contributed by atoms with Crippen molar-refractivity contribution in [1.82, 2.24) is 4.90 Å². The predicted molar refractivity (Wildman–Crippen MR) is 72.3 cm³/mol. The van der Waals surface area contributed by atoms with Crippen molar-refractivity contribution in [1.29, 1.82) is 0 Å². The van der Waals surface area contributed by atoms with Crippen LogP contribution in [0.2, 0.25) is 0 Å². The number of esters is 1. The Kier molecular flexibility index (Phi) is 6.02. The van der Waals surface area contributed by atoms with Gasteiger partial charge in [-0.3, -0.25) is 14.5 Å². The van der Waals surface area contributed by atoms with Gasteiger partial charge in [0.1, 0.15) is 0 Å². The second-order valence-corrected chi connectivity index (χ2v) is 4.29. The summed E-state index contributed by atoms with van der Waals surface area (Å²) in [5, 5.41) is 0. The van der Waals surface area contributed by atoms with Crippen LogP contribution in [0.5, 0.6) is 0 Å². The molecule has 0 unspecified atom stereocenters. The lowest BCUT2D eigenvalue weighted by Gasteiger charge is -2.20. The third kappa shape index (κ3) is 5.09. The minimum absolute atomic E-state index is 0.211. The Morgan fingerprint density at radius 3 is 2.42 bits per heavy atom. The molecule has 0 bridgehead atoms. The van der Waals surface area contributed by atoms with Gasteiger partial charge in [0.25, 0.3) is 0 Å². The fourth-order valence-corrected chi connectivity index (χ4v) is 1.85. The van der Waals surface area contributed by atoms with E-state index in [2.05, 4.69) is 4.74 Å². The third-order valence-electron chi connectivity index (χ3n) is 2.90. The Labute approximate surface area is 113 Å². The number of methoxy groups -OCH3 is 1. The van der Waals surface area contributed by atoms with Crippen LogP contribution in [-0.4, -0.2) is 37.0 Å². The summed E-state index contributed by atoms with van der Waals surface area (Å²) >= 11 is 0. The van der Waals surface area contributed by atoms with Crippen molar-refractivity contribution in [3.63, 3.8) is 0 Å².